The molecule has 2 aliphatic rings. The third-order valence-corrected chi connectivity index (χ3v) is 4.58. The lowest BCUT2D eigenvalue weighted by molar-refractivity contribution is 0.00916. The van der Waals surface area contributed by atoms with Crippen LogP contribution in [0.25, 0.3) is 0 Å². The van der Waals surface area contributed by atoms with Crippen LogP contribution < -0.4 is 9.47 Å². The second-order valence-corrected chi connectivity index (χ2v) is 5.44. The molecule has 4 nitrogen and oxygen atoms in total. The summed E-state index contributed by atoms with van der Waals surface area (Å²) in [7, 11) is 3.25. The molecule has 2 fully saturated rings. The van der Waals surface area contributed by atoms with Crippen molar-refractivity contribution >= 4 is 0 Å². The summed E-state index contributed by atoms with van der Waals surface area (Å²) in [5, 5.41) is 11.1. The van der Waals surface area contributed by atoms with Crippen molar-refractivity contribution < 1.29 is 14.6 Å². The molecule has 0 amide bonds. The molecule has 2 aliphatic heterocycles. The van der Waals surface area contributed by atoms with Gasteiger partial charge in [-0.2, -0.15) is 0 Å². The third kappa shape index (κ3) is 1.90. The van der Waals surface area contributed by atoms with Crippen LogP contribution in [0.2, 0.25) is 0 Å². The maximum atomic E-state index is 11.1. The molecule has 3 rings (SSSR count). The largest absolute Gasteiger partial charge is 0.493 e. The number of nitrogens with zero attached hydrogens (tertiary/aromatic N) is 1. The molecular formula is C15H21NO3. The van der Waals surface area contributed by atoms with E-state index in [1.54, 1.807) is 14.2 Å². The van der Waals surface area contributed by atoms with Crippen LogP contribution in [0.15, 0.2) is 18.2 Å². The minimum absolute atomic E-state index is 0.255. The van der Waals surface area contributed by atoms with E-state index in [4.69, 9.17) is 9.47 Å². The average molecular weight is 263 g/mol. The summed E-state index contributed by atoms with van der Waals surface area (Å²) < 4.78 is 10.6. The number of benzene rings is 1. The zero-order valence-electron chi connectivity index (χ0n) is 11.6. The summed E-state index contributed by atoms with van der Waals surface area (Å²) in [6, 6.07) is 6.01. The lowest BCUT2D eigenvalue weighted by atomic mass is 9.85. The van der Waals surface area contributed by atoms with E-state index in [2.05, 4.69) is 4.90 Å². The first-order valence-electron chi connectivity index (χ1n) is 6.88. The van der Waals surface area contributed by atoms with Crippen LogP contribution in [0.3, 0.4) is 0 Å². The van der Waals surface area contributed by atoms with Crippen molar-refractivity contribution in [3.8, 4) is 11.5 Å². The van der Waals surface area contributed by atoms with Gasteiger partial charge in [-0.15, -0.1) is 0 Å². The zero-order chi connectivity index (χ0) is 13.5. The molecule has 104 valence electrons. The maximum absolute atomic E-state index is 11.1. The molecule has 0 saturated carbocycles. The van der Waals surface area contributed by atoms with Gasteiger partial charge in [0.05, 0.1) is 14.2 Å². The average Bonchev–Trinajstić information content (AvgIpc) is 3.03. The summed E-state index contributed by atoms with van der Waals surface area (Å²) in [6.45, 7) is 2.09. The third-order valence-electron chi connectivity index (χ3n) is 4.58. The molecule has 4 heteroatoms. The summed E-state index contributed by atoms with van der Waals surface area (Å²) in [4.78, 5) is 2.40. The second-order valence-electron chi connectivity index (χ2n) is 5.44. The molecule has 1 aromatic rings. The van der Waals surface area contributed by atoms with Crippen molar-refractivity contribution in [1.82, 2.24) is 4.90 Å². The fraction of sp³-hybridized carbons (Fsp3) is 0.600. The number of hydrogen-bond donors (Lipinski definition) is 1. The Morgan fingerprint density at radius 2 is 2.00 bits per heavy atom. The molecule has 1 N–H and O–H groups in total. The number of rotatable bonds is 3. The first-order chi connectivity index (χ1) is 9.19. The fourth-order valence-electron chi connectivity index (χ4n) is 3.56. The summed E-state index contributed by atoms with van der Waals surface area (Å²) in [5.74, 6) is 1.39. The Labute approximate surface area is 113 Å². The van der Waals surface area contributed by atoms with Gasteiger partial charge >= 0.3 is 0 Å². The van der Waals surface area contributed by atoms with Crippen LogP contribution >= 0.6 is 0 Å². The Morgan fingerprint density at radius 3 is 2.74 bits per heavy atom. The van der Waals surface area contributed by atoms with Crippen LogP contribution in [-0.2, 0) is 5.60 Å². The highest BCUT2D eigenvalue weighted by Gasteiger charge is 2.49. The van der Waals surface area contributed by atoms with E-state index in [-0.39, 0.29) is 6.04 Å². The van der Waals surface area contributed by atoms with Gasteiger partial charge in [-0.25, -0.2) is 0 Å². The van der Waals surface area contributed by atoms with Gasteiger partial charge in [0.1, 0.15) is 5.60 Å². The summed E-state index contributed by atoms with van der Waals surface area (Å²) in [6.07, 6.45) is 3.05. The van der Waals surface area contributed by atoms with Gasteiger partial charge < -0.3 is 14.6 Å². The smallest absolute Gasteiger partial charge is 0.161 e. The van der Waals surface area contributed by atoms with E-state index < -0.39 is 5.60 Å². The molecule has 2 unspecified atom stereocenters. The minimum atomic E-state index is -0.740. The quantitative estimate of drug-likeness (QED) is 0.902. The highest BCUT2D eigenvalue weighted by molar-refractivity contribution is 5.45. The van der Waals surface area contributed by atoms with Crippen molar-refractivity contribution in [1.29, 1.82) is 0 Å². The first kappa shape index (κ1) is 12.8. The molecule has 0 aromatic heterocycles. The highest BCUT2D eigenvalue weighted by atomic mass is 16.5. The monoisotopic (exact) mass is 263 g/mol. The van der Waals surface area contributed by atoms with E-state index >= 15 is 0 Å². The van der Waals surface area contributed by atoms with Crippen LogP contribution in [0.1, 0.15) is 24.8 Å². The van der Waals surface area contributed by atoms with Gasteiger partial charge in [0.25, 0.3) is 0 Å². The fourth-order valence-corrected chi connectivity index (χ4v) is 3.56. The predicted octanol–water partition coefficient (Wildman–Crippen LogP) is 1.76. The number of hydrogen-bond acceptors (Lipinski definition) is 4. The Balaban J connectivity index is 1.97. The van der Waals surface area contributed by atoms with Crippen molar-refractivity contribution in [3.63, 3.8) is 0 Å². The molecular weight excluding hydrogens is 242 g/mol. The van der Waals surface area contributed by atoms with E-state index in [9.17, 15) is 5.11 Å². The number of methoxy groups -OCH3 is 2. The molecule has 19 heavy (non-hydrogen) atoms. The molecule has 0 aliphatic carbocycles. The van der Waals surface area contributed by atoms with E-state index in [1.165, 1.54) is 6.42 Å². The minimum Gasteiger partial charge on any atom is -0.493 e. The van der Waals surface area contributed by atoms with Gasteiger partial charge in [0.15, 0.2) is 11.5 Å². The van der Waals surface area contributed by atoms with Crippen LogP contribution in [0.4, 0.5) is 0 Å². The normalized spacial score (nSPS) is 30.4. The number of fused-ring (bicyclic) bond motifs is 1. The summed E-state index contributed by atoms with van der Waals surface area (Å²) >= 11 is 0. The lowest BCUT2D eigenvalue weighted by Crippen LogP contribution is -2.38. The number of ether oxygens (including phenoxy) is 2. The SMILES string of the molecule is COc1ccc(C2(O)CCN3CCCC32)cc1OC. The van der Waals surface area contributed by atoms with Crippen molar-refractivity contribution in [2.24, 2.45) is 0 Å². The van der Waals surface area contributed by atoms with Crippen LogP contribution in [0.5, 0.6) is 11.5 Å². The van der Waals surface area contributed by atoms with Crippen LogP contribution in [-0.4, -0.2) is 43.4 Å². The molecule has 2 heterocycles. The molecule has 0 spiro atoms. The van der Waals surface area contributed by atoms with Gasteiger partial charge in [0, 0.05) is 12.6 Å². The molecule has 1 aromatic carbocycles. The summed E-state index contributed by atoms with van der Waals surface area (Å²) in [5.41, 5.74) is 0.204. The Bertz CT molecular complexity index is 476. The van der Waals surface area contributed by atoms with Gasteiger partial charge in [-0.3, -0.25) is 4.90 Å². The Kier molecular flexibility index (Phi) is 3.15. The standard InChI is InChI=1S/C15H21NO3/c1-18-12-6-5-11(10-13(12)19-2)15(17)7-9-16-8-3-4-14(15)16/h5-6,10,14,17H,3-4,7-9H2,1-2H3. The molecule has 2 saturated heterocycles. The van der Waals surface area contributed by atoms with E-state index in [0.717, 1.165) is 31.5 Å². The van der Waals surface area contributed by atoms with Crippen molar-refractivity contribution in [2.75, 3.05) is 27.3 Å². The number of aliphatic hydroxyl groups is 1. The molecule has 2 atom stereocenters. The Morgan fingerprint density at radius 1 is 1.21 bits per heavy atom. The van der Waals surface area contributed by atoms with E-state index in [0.29, 0.717) is 11.5 Å². The maximum Gasteiger partial charge on any atom is 0.161 e. The molecule has 0 radical (unpaired) electrons. The first-order valence-corrected chi connectivity index (χ1v) is 6.88. The highest BCUT2D eigenvalue weighted by Crippen LogP contribution is 2.44. The topological polar surface area (TPSA) is 41.9 Å². The second kappa shape index (κ2) is 4.69. The van der Waals surface area contributed by atoms with Gasteiger partial charge in [0.2, 0.25) is 0 Å². The predicted molar refractivity (Wildman–Crippen MR) is 72.7 cm³/mol. The zero-order valence-corrected chi connectivity index (χ0v) is 11.6. The van der Waals surface area contributed by atoms with Crippen molar-refractivity contribution in [2.45, 2.75) is 30.9 Å². The van der Waals surface area contributed by atoms with Crippen molar-refractivity contribution in [3.05, 3.63) is 23.8 Å². The lowest BCUT2D eigenvalue weighted by Gasteiger charge is -2.30. The van der Waals surface area contributed by atoms with Gasteiger partial charge in [-0.1, -0.05) is 6.07 Å². The van der Waals surface area contributed by atoms with Gasteiger partial charge in [-0.05, 0) is 43.5 Å². The molecule has 0 bridgehead atoms. The Hall–Kier alpha value is -1.26. The van der Waals surface area contributed by atoms with E-state index in [1.807, 2.05) is 18.2 Å². The van der Waals surface area contributed by atoms with Crippen LogP contribution in [0, 0.1) is 0 Å².